The number of primary amides is 1. The van der Waals surface area contributed by atoms with Gasteiger partial charge in [-0.05, 0) is 18.2 Å². The number of nitrogens with two attached hydrogens (primary N) is 1. The predicted molar refractivity (Wildman–Crippen MR) is 57.7 cm³/mol. The molecule has 0 saturated carbocycles. The Kier molecular flexibility index (Phi) is 3.71. The Labute approximate surface area is 93.0 Å². The molecule has 0 aromatic heterocycles. The molecule has 0 heterocycles. The Bertz CT molecular complexity index is 470. The molecule has 2 N–H and O–H groups in total. The van der Waals surface area contributed by atoms with Crippen molar-refractivity contribution in [1.29, 1.82) is 0 Å². The lowest BCUT2D eigenvalue weighted by atomic mass is 10.2. The molecule has 0 aliphatic carbocycles. The van der Waals surface area contributed by atoms with Crippen LogP contribution in [-0.2, 0) is 9.84 Å². The van der Waals surface area contributed by atoms with Crippen molar-refractivity contribution in [3.8, 4) is 0 Å². The molecule has 4 nitrogen and oxygen atoms in total. The largest absolute Gasteiger partial charge is 0.366 e. The minimum absolute atomic E-state index is 0.0170. The van der Waals surface area contributed by atoms with Crippen LogP contribution in [-0.4, -0.2) is 26.0 Å². The van der Waals surface area contributed by atoms with Crippen molar-refractivity contribution in [3.05, 3.63) is 29.8 Å². The first-order valence-electron chi connectivity index (χ1n) is 4.16. The van der Waals surface area contributed by atoms with Gasteiger partial charge in [-0.3, -0.25) is 4.79 Å². The van der Waals surface area contributed by atoms with Gasteiger partial charge >= 0.3 is 0 Å². The van der Waals surface area contributed by atoms with E-state index in [1.54, 1.807) is 0 Å². The Morgan fingerprint density at radius 1 is 1.40 bits per heavy atom. The summed E-state index contributed by atoms with van der Waals surface area (Å²) >= 11 is 5.37. The molecule has 0 aliphatic rings. The van der Waals surface area contributed by atoms with Crippen molar-refractivity contribution < 1.29 is 13.2 Å². The second-order valence-corrected chi connectivity index (χ2v) is 5.39. The number of carbonyl (C=O) groups excluding carboxylic acids is 1. The van der Waals surface area contributed by atoms with Crippen molar-refractivity contribution in [2.45, 2.75) is 4.90 Å². The van der Waals surface area contributed by atoms with Gasteiger partial charge in [0.1, 0.15) is 0 Å². The molecule has 0 unspecified atom stereocenters. The first kappa shape index (κ1) is 12.0. The van der Waals surface area contributed by atoms with Crippen LogP contribution in [0.5, 0.6) is 0 Å². The predicted octanol–water partition coefficient (Wildman–Crippen LogP) is 0.798. The van der Waals surface area contributed by atoms with Gasteiger partial charge in [-0.25, -0.2) is 8.42 Å². The van der Waals surface area contributed by atoms with E-state index in [4.69, 9.17) is 17.3 Å². The lowest BCUT2D eigenvalue weighted by molar-refractivity contribution is 0.1000. The van der Waals surface area contributed by atoms with Crippen LogP contribution in [0.15, 0.2) is 29.2 Å². The minimum atomic E-state index is -3.41. The van der Waals surface area contributed by atoms with Crippen LogP contribution in [0.25, 0.3) is 0 Å². The van der Waals surface area contributed by atoms with Crippen molar-refractivity contribution in [2.24, 2.45) is 5.73 Å². The van der Waals surface area contributed by atoms with Gasteiger partial charge in [0.05, 0.1) is 10.6 Å². The van der Waals surface area contributed by atoms with Crippen molar-refractivity contribution >= 4 is 27.3 Å². The summed E-state index contributed by atoms with van der Waals surface area (Å²) in [6, 6.07) is 5.60. The van der Waals surface area contributed by atoms with Crippen LogP contribution in [0, 0.1) is 0 Å². The van der Waals surface area contributed by atoms with Gasteiger partial charge in [0.2, 0.25) is 5.91 Å². The molecule has 0 aliphatic heterocycles. The zero-order valence-corrected chi connectivity index (χ0v) is 9.38. The second kappa shape index (κ2) is 4.63. The van der Waals surface area contributed by atoms with Crippen molar-refractivity contribution in [1.82, 2.24) is 0 Å². The maximum absolute atomic E-state index is 11.6. The highest BCUT2D eigenvalue weighted by atomic mass is 35.5. The van der Waals surface area contributed by atoms with Gasteiger partial charge in [0.15, 0.2) is 9.84 Å². The van der Waals surface area contributed by atoms with Gasteiger partial charge in [-0.1, -0.05) is 6.07 Å². The van der Waals surface area contributed by atoms with E-state index in [1.165, 1.54) is 24.3 Å². The summed E-state index contributed by atoms with van der Waals surface area (Å²) in [5.74, 6) is -0.794. The summed E-state index contributed by atoms with van der Waals surface area (Å²) < 4.78 is 23.1. The van der Waals surface area contributed by atoms with Gasteiger partial charge in [-0.2, -0.15) is 0 Å². The number of halogens is 1. The molecule has 0 bridgehead atoms. The smallest absolute Gasteiger partial charge is 0.248 e. The first-order chi connectivity index (χ1) is 6.97. The quantitative estimate of drug-likeness (QED) is 0.800. The Balaban J connectivity index is 3.16. The number of hydrogen-bond donors (Lipinski definition) is 1. The van der Waals surface area contributed by atoms with Gasteiger partial charge in [0.25, 0.3) is 0 Å². The summed E-state index contributed by atoms with van der Waals surface area (Å²) in [5.41, 5.74) is 5.21. The standard InChI is InChI=1S/C9H10ClNO3S/c10-4-5-15(13,14)8-3-1-2-7(6-8)9(11)12/h1-3,6H,4-5H2,(H2,11,12). The SMILES string of the molecule is NC(=O)c1cccc(S(=O)(=O)CCCl)c1. The molecule has 1 rings (SSSR count). The zero-order chi connectivity index (χ0) is 11.5. The van der Waals surface area contributed by atoms with Crippen LogP contribution < -0.4 is 5.73 Å². The maximum atomic E-state index is 11.6. The lowest BCUT2D eigenvalue weighted by Gasteiger charge is -2.03. The van der Waals surface area contributed by atoms with E-state index < -0.39 is 15.7 Å². The Morgan fingerprint density at radius 2 is 2.07 bits per heavy atom. The third-order valence-corrected chi connectivity index (χ3v) is 3.95. The fraction of sp³-hybridized carbons (Fsp3) is 0.222. The third kappa shape index (κ3) is 2.94. The monoisotopic (exact) mass is 247 g/mol. The van der Waals surface area contributed by atoms with Gasteiger partial charge in [0, 0.05) is 11.4 Å². The molecule has 6 heteroatoms. The van der Waals surface area contributed by atoms with Gasteiger partial charge < -0.3 is 5.73 Å². The number of amides is 1. The molecule has 0 saturated heterocycles. The van der Waals surface area contributed by atoms with Crippen LogP contribution in [0.4, 0.5) is 0 Å². The first-order valence-corrected chi connectivity index (χ1v) is 6.34. The lowest BCUT2D eigenvalue weighted by Crippen LogP contribution is -2.13. The third-order valence-electron chi connectivity index (χ3n) is 1.82. The van der Waals surface area contributed by atoms with E-state index in [0.717, 1.165) is 0 Å². The topological polar surface area (TPSA) is 77.2 Å². The van der Waals surface area contributed by atoms with Crippen LogP contribution in [0.1, 0.15) is 10.4 Å². The van der Waals surface area contributed by atoms with E-state index in [2.05, 4.69) is 0 Å². The highest BCUT2D eigenvalue weighted by Gasteiger charge is 2.14. The highest BCUT2D eigenvalue weighted by Crippen LogP contribution is 2.13. The molecular formula is C9H10ClNO3S. The van der Waals surface area contributed by atoms with E-state index >= 15 is 0 Å². The molecular weight excluding hydrogens is 238 g/mol. The molecule has 0 atom stereocenters. The Hall–Kier alpha value is -1.07. The molecule has 15 heavy (non-hydrogen) atoms. The molecule has 0 spiro atoms. The van der Waals surface area contributed by atoms with E-state index in [0.29, 0.717) is 0 Å². The average molecular weight is 248 g/mol. The normalized spacial score (nSPS) is 11.3. The molecule has 1 amide bonds. The number of hydrogen-bond acceptors (Lipinski definition) is 3. The second-order valence-electron chi connectivity index (χ2n) is 2.90. The van der Waals surface area contributed by atoms with Crippen LogP contribution in [0.3, 0.4) is 0 Å². The minimum Gasteiger partial charge on any atom is -0.366 e. The van der Waals surface area contributed by atoms with Crippen molar-refractivity contribution in [3.63, 3.8) is 0 Å². The van der Waals surface area contributed by atoms with Crippen LogP contribution >= 0.6 is 11.6 Å². The average Bonchev–Trinajstić information content (AvgIpc) is 2.18. The van der Waals surface area contributed by atoms with E-state index in [-0.39, 0.29) is 22.1 Å². The summed E-state index contributed by atoms with van der Waals surface area (Å²) in [7, 11) is -3.41. The van der Waals surface area contributed by atoms with E-state index in [9.17, 15) is 13.2 Å². The Morgan fingerprint density at radius 3 is 2.60 bits per heavy atom. The number of alkyl halides is 1. The highest BCUT2D eigenvalue weighted by molar-refractivity contribution is 7.91. The molecule has 0 fully saturated rings. The molecule has 82 valence electrons. The molecule has 1 aromatic carbocycles. The van der Waals surface area contributed by atoms with E-state index in [1.807, 2.05) is 0 Å². The summed E-state index contributed by atoms with van der Waals surface area (Å²) in [5, 5.41) is 0. The summed E-state index contributed by atoms with van der Waals surface area (Å²) in [6.45, 7) is 0. The maximum Gasteiger partial charge on any atom is 0.248 e. The molecule has 0 radical (unpaired) electrons. The summed E-state index contributed by atoms with van der Waals surface area (Å²) in [6.07, 6.45) is 0. The fourth-order valence-electron chi connectivity index (χ4n) is 1.06. The molecule has 1 aromatic rings. The van der Waals surface area contributed by atoms with Crippen molar-refractivity contribution in [2.75, 3.05) is 11.6 Å². The number of benzene rings is 1. The fourth-order valence-corrected chi connectivity index (χ4v) is 2.70. The number of sulfone groups is 1. The van der Waals surface area contributed by atoms with Crippen LogP contribution in [0.2, 0.25) is 0 Å². The summed E-state index contributed by atoms with van der Waals surface area (Å²) in [4.78, 5) is 10.9. The zero-order valence-electron chi connectivity index (χ0n) is 7.81. The number of carbonyl (C=O) groups is 1. The number of rotatable bonds is 4. The van der Waals surface area contributed by atoms with Gasteiger partial charge in [-0.15, -0.1) is 11.6 Å².